The fourth-order valence-electron chi connectivity index (χ4n) is 2.08. The molecular weight excluding hydrogens is 228 g/mol. The van der Waals surface area contributed by atoms with E-state index in [1.165, 1.54) is 0 Å². The van der Waals surface area contributed by atoms with Crippen LogP contribution in [0.4, 0.5) is 5.82 Å². The van der Waals surface area contributed by atoms with Gasteiger partial charge >= 0.3 is 0 Å². The van der Waals surface area contributed by atoms with E-state index >= 15 is 0 Å². The average Bonchev–Trinajstić information content (AvgIpc) is 2.83. The molecule has 0 spiro atoms. The molecule has 0 amide bonds. The molecule has 3 rings (SSSR count). The average molecular weight is 240 g/mol. The van der Waals surface area contributed by atoms with Gasteiger partial charge in [0.1, 0.15) is 11.9 Å². The third kappa shape index (κ3) is 1.61. The lowest BCUT2D eigenvalue weighted by Gasteiger charge is -2.12. The van der Waals surface area contributed by atoms with Gasteiger partial charge < -0.3 is 10.8 Å². The number of nitrogens with zero attached hydrogens (tertiary/aromatic N) is 2. The van der Waals surface area contributed by atoms with Crippen molar-refractivity contribution in [2.75, 3.05) is 5.73 Å². The molecule has 5 nitrogen and oxygen atoms in total. The zero-order valence-corrected chi connectivity index (χ0v) is 9.54. The molecular formula is C13H12N4O. The minimum Gasteiger partial charge on any atom is -0.384 e. The molecule has 0 saturated carbocycles. The van der Waals surface area contributed by atoms with Gasteiger partial charge in [-0.15, -0.1) is 0 Å². The van der Waals surface area contributed by atoms with Crippen LogP contribution in [0, 0.1) is 0 Å². The molecule has 0 aliphatic rings. The summed E-state index contributed by atoms with van der Waals surface area (Å²) in [7, 11) is 0. The lowest BCUT2D eigenvalue weighted by molar-refractivity contribution is 0.222. The standard InChI is InChI=1S/C13H12N4O/c14-13-11(7-16-17-13)12(18)10-3-1-2-8-6-15-5-4-9(8)10/h1-7,12,18H,(H3,14,16,17). The van der Waals surface area contributed by atoms with Crippen LogP contribution in [0.1, 0.15) is 17.2 Å². The third-order valence-corrected chi connectivity index (χ3v) is 3.00. The van der Waals surface area contributed by atoms with Crippen molar-refractivity contribution in [3.63, 3.8) is 0 Å². The number of aromatic nitrogens is 3. The summed E-state index contributed by atoms with van der Waals surface area (Å²) in [5, 5.41) is 18.8. The van der Waals surface area contributed by atoms with Crippen molar-refractivity contribution in [3.8, 4) is 0 Å². The van der Waals surface area contributed by atoms with E-state index in [9.17, 15) is 5.11 Å². The SMILES string of the molecule is Nc1[nH]ncc1C(O)c1cccc2cnccc12. The molecule has 2 heterocycles. The number of H-pyrrole nitrogens is 1. The number of rotatable bonds is 2. The van der Waals surface area contributed by atoms with Crippen LogP contribution in [-0.4, -0.2) is 20.3 Å². The predicted molar refractivity (Wildman–Crippen MR) is 68.8 cm³/mol. The Balaban J connectivity index is 2.18. The molecule has 2 aromatic heterocycles. The Morgan fingerprint density at radius 3 is 2.83 bits per heavy atom. The first kappa shape index (κ1) is 10.7. The molecule has 0 aliphatic carbocycles. The number of hydrogen-bond donors (Lipinski definition) is 3. The normalized spacial score (nSPS) is 12.7. The monoisotopic (exact) mass is 240 g/mol. The van der Waals surface area contributed by atoms with E-state index in [1.807, 2.05) is 24.3 Å². The Morgan fingerprint density at radius 2 is 2.06 bits per heavy atom. The summed E-state index contributed by atoms with van der Waals surface area (Å²) in [6.07, 6.45) is 4.22. The van der Waals surface area contributed by atoms with E-state index in [2.05, 4.69) is 15.2 Å². The van der Waals surface area contributed by atoms with Crippen molar-refractivity contribution >= 4 is 16.6 Å². The van der Waals surface area contributed by atoms with Gasteiger partial charge in [-0.3, -0.25) is 10.1 Å². The van der Waals surface area contributed by atoms with Crippen molar-refractivity contribution in [2.24, 2.45) is 0 Å². The van der Waals surface area contributed by atoms with Gasteiger partial charge in [0.15, 0.2) is 0 Å². The maximum Gasteiger partial charge on any atom is 0.125 e. The van der Waals surface area contributed by atoms with E-state index in [4.69, 9.17) is 5.73 Å². The molecule has 4 N–H and O–H groups in total. The topological polar surface area (TPSA) is 87.8 Å². The molecule has 90 valence electrons. The van der Waals surface area contributed by atoms with Crippen molar-refractivity contribution < 1.29 is 5.11 Å². The molecule has 1 atom stereocenters. The first-order valence-electron chi connectivity index (χ1n) is 5.57. The number of hydrogen-bond acceptors (Lipinski definition) is 4. The first-order valence-corrected chi connectivity index (χ1v) is 5.57. The largest absolute Gasteiger partial charge is 0.384 e. The first-order chi connectivity index (χ1) is 8.77. The van der Waals surface area contributed by atoms with Crippen molar-refractivity contribution in [1.29, 1.82) is 0 Å². The molecule has 5 heteroatoms. The summed E-state index contributed by atoms with van der Waals surface area (Å²) in [5.41, 5.74) is 7.11. The predicted octanol–water partition coefficient (Wildman–Crippen LogP) is 1.62. The maximum absolute atomic E-state index is 10.4. The van der Waals surface area contributed by atoms with Crippen molar-refractivity contribution in [3.05, 3.63) is 54.0 Å². The fourth-order valence-corrected chi connectivity index (χ4v) is 2.08. The van der Waals surface area contributed by atoms with E-state index in [0.717, 1.165) is 16.3 Å². The Hall–Kier alpha value is -2.40. The van der Waals surface area contributed by atoms with Crippen LogP contribution in [0.15, 0.2) is 42.9 Å². The highest BCUT2D eigenvalue weighted by Gasteiger charge is 2.17. The highest BCUT2D eigenvalue weighted by Crippen LogP contribution is 2.30. The minimum absolute atomic E-state index is 0.383. The van der Waals surface area contributed by atoms with Gasteiger partial charge in [0, 0.05) is 23.3 Å². The van der Waals surface area contributed by atoms with Gasteiger partial charge in [0.25, 0.3) is 0 Å². The molecule has 18 heavy (non-hydrogen) atoms. The number of nitrogen functional groups attached to an aromatic ring is 1. The van der Waals surface area contributed by atoms with Gasteiger partial charge in [0.2, 0.25) is 0 Å². The quantitative estimate of drug-likeness (QED) is 0.635. The second-order valence-electron chi connectivity index (χ2n) is 4.09. The van der Waals surface area contributed by atoms with Gasteiger partial charge in [-0.05, 0) is 17.0 Å². The van der Waals surface area contributed by atoms with Crippen LogP contribution in [0.5, 0.6) is 0 Å². The summed E-state index contributed by atoms with van der Waals surface area (Å²) in [6.45, 7) is 0. The van der Waals surface area contributed by atoms with Gasteiger partial charge in [-0.25, -0.2) is 0 Å². The minimum atomic E-state index is -0.796. The van der Waals surface area contributed by atoms with Crippen LogP contribution in [0.3, 0.4) is 0 Å². The number of pyridine rings is 1. The molecule has 0 radical (unpaired) electrons. The highest BCUT2D eigenvalue weighted by molar-refractivity contribution is 5.85. The number of fused-ring (bicyclic) bond motifs is 1. The highest BCUT2D eigenvalue weighted by atomic mass is 16.3. The third-order valence-electron chi connectivity index (χ3n) is 3.00. The summed E-state index contributed by atoms with van der Waals surface area (Å²) in [5.74, 6) is 0.383. The van der Waals surface area contributed by atoms with Gasteiger partial charge in [-0.2, -0.15) is 5.10 Å². The summed E-state index contributed by atoms with van der Waals surface area (Å²) >= 11 is 0. The zero-order valence-electron chi connectivity index (χ0n) is 9.54. The van der Waals surface area contributed by atoms with Crippen LogP contribution >= 0.6 is 0 Å². The van der Waals surface area contributed by atoms with Gasteiger partial charge in [-0.1, -0.05) is 18.2 Å². The second-order valence-corrected chi connectivity index (χ2v) is 4.09. The van der Waals surface area contributed by atoms with E-state index in [1.54, 1.807) is 18.6 Å². The number of anilines is 1. The molecule has 0 aliphatic heterocycles. The number of aliphatic hydroxyl groups excluding tert-OH is 1. The number of aromatic amines is 1. The summed E-state index contributed by atoms with van der Waals surface area (Å²) in [4.78, 5) is 4.07. The number of benzene rings is 1. The Labute approximate surface area is 103 Å². The zero-order chi connectivity index (χ0) is 12.5. The number of nitrogens with one attached hydrogen (secondary N) is 1. The van der Waals surface area contributed by atoms with Crippen LogP contribution in [-0.2, 0) is 0 Å². The van der Waals surface area contributed by atoms with Gasteiger partial charge in [0.05, 0.1) is 6.20 Å². The molecule has 1 unspecified atom stereocenters. The molecule has 0 fully saturated rings. The van der Waals surface area contributed by atoms with Crippen LogP contribution in [0.25, 0.3) is 10.8 Å². The summed E-state index contributed by atoms with van der Waals surface area (Å²) < 4.78 is 0. The molecule has 0 bridgehead atoms. The molecule has 3 aromatic rings. The lowest BCUT2D eigenvalue weighted by atomic mass is 9.98. The summed E-state index contributed by atoms with van der Waals surface area (Å²) in [6, 6.07) is 7.60. The number of nitrogens with two attached hydrogens (primary N) is 1. The fraction of sp³-hybridized carbons (Fsp3) is 0.0769. The van der Waals surface area contributed by atoms with Crippen LogP contribution in [0.2, 0.25) is 0 Å². The van der Waals surface area contributed by atoms with E-state index in [-0.39, 0.29) is 0 Å². The lowest BCUT2D eigenvalue weighted by Crippen LogP contribution is -2.02. The maximum atomic E-state index is 10.4. The Bertz CT molecular complexity index is 687. The Morgan fingerprint density at radius 1 is 1.17 bits per heavy atom. The Kier molecular flexibility index (Phi) is 2.46. The van der Waals surface area contributed by atoms with E-state index < -0.39 is 6.10 Å². The van der Waals surface area contributed by atoms with Crippen LogP contribution < -0.4 is 5.73 Å². The smallest absolute Gasteiger partial charge is 0.125 e. The van der Waals surface area contributed by atoms with Crippen molar-refractivity contribution in [2.45, 2.75) is 6.10 Å². The molecule has 0 saturated heterocycles. The van der Waals surface area contributed by atoms with E-state index in [0.29, 0.717) is 11.4 Å². The van der Waals surface area contributed by atoms with Crippen molar-refractivity contribution in [1.82, 2.24) is 15.2 Å². The second kappa shape index (κ2) is 4.12. The molecule has 1 aromatic carbocycles. The number of aliphatic hydroxyl groups is 1.